The van der Waals surface area contributed by atoms with Crippen LogP contribution < -0.4 is 5.32 Å². The minimum absolute atomic E-state index is 0.627. The zero-order valence-electron chi connectivity index (χ0n) is 11.1. The van der Waals surface area contributed by atoms with E-state index in [2.05, 4.69) is 39.4 Å². The van der Waals surface area contributed by atoms with Gasteiger partial charge in [-0.15, -0.1) is 0 Å². The summed E-state index contributed by atoms with van der Waals surface area (Å²) in [5.74, 6) is 4.26. The highest BCUT2D eigenvalue weighted by Crippen LogP contribution is 2.66. The highest BCUT2D eigenvalue weighted by molar-refractivity contribution is 9.10. The molecule has 5 rings (SSSR count). The summed E-state index contributed by atoms with van der Waals surface area (Å²) in [7, 11) is 0. The Bertz CT molecular complexity index is 524. The molecule has 0 aromatic heterocycles. The molecule has 0 heterocycles. The first-order valence-electron chi connectivity index (χ1n) is 7.86. The Morgan fingerprint density at radius 2 is 1.84 bits per heavy atom. The largest absolute Gasteiger partial charge is 0.307 e. The Balaban J connectivity index is 1.37. The van der Waals surface area contributed by atoms with Crippen LogP contribution in [0.2, 0.25) is 0 Å². The third kappa shape index (κ3) is 1.50. The van der Waals surface area contributed by atoms with E-state index in [0.717, 1.165) is 29.7 Å². The number of hydrogen-bond acceptors (Lipinski definition) is 1. The summed E-state index contributed by atoms with van der Waals surface area (Å²) in [6.45, 7) is 0. The molecule has 0 aliphatic heterocycles. The monoisotopic (exact) mass is 317 g/mol. The average Bonchev–Trinajstić information content (AvgIpc) is 2.81. The molecule has 4 aliphatic carbocycles. The van der Waals surface area contributed by atoms with E-state index >= 15 is 0 Å². The van der Waals surface area contributed by atoms with E-state index in [4.69, 9.17) is 0 Å². The van der Waals surface area contributed by atoms with Crippen molar-refractivity contribution in [3.63, 3.8) is 0 Å². The molecule has 0 spiro atoms. The molecule has 2 heteroatoms. The molecule has 0 amide bonds. The molecule has 2 bridgehead atoms. The molecule has 5 unspecified atom stereocenters. The Hall–Kier alpha value is -0.340. The summed E-state index contributed by atoms with van der Waals surface area (Å²) in [5, 5.41) is 4.02. The van der Waals surface area contributed by atoms with Gasteiger partial charge in [0.1, 0.15) is 0 Å². The maximum absolute atomic E-state index is 4.02. The predicted octanol–water partition coefficient (Wildman–Crippen LogP) is 4.07. The smallest absolute Gasteiger partial charge is 0.0329 e. The second-order valence-electron chi connectivity index (χ2n) is 7.08. The van der Waals surface area contributed by atoms with Crippen LogP contribution in [0.15, 0.2) is 22.7 Å². The fourth-order valence-corrected chi connectivity index (χ4v) is 6.14. The number of halogens is 1. The lowest BCUT2D eigenvalue weighted by Gasteiger charge is -2.17. The first-order chi connectivity index (χ1) is 9.33. The summed E-state index contributed by atoms with van der Waals surface area (Å²) in [5.41, 5.74) is 3.11. The van der Waals surface area contributed by atoms with Gasteiger partial charge in [0.2, 0.25) is 0 Å². The van der Waals surface area contributed by atoms with E-state index in [0.29, 0.717) is 6.04 Å². The minimum Gasteiger partial charge on any atom is -0.307 e. The lowest BCUT2D eigenvalue weighted by Crippen LogP contribution is -2.26. The van der Waals surface area contributed by atoms with Crippen molar-refractivity contribution < 1.29 is 0 Å². The first kappa shape index (κ1) is 11.3. The number of hydrogen-bond donors (Lipinski definition) is 1. The molecular formula is C17H20BrN. The molecule has 1 aromatic rings. The number of benzene rings is 1. The van der Waals surface area contributed by atoms with Crippen LogP contribution in [-0.2, 0) is 6.42 Å². The fourth-order valence-electron chi connectivity index (χ4n) is 5.56. The lowest BCUT2D eigenvalue weighted by atomic mass is 10.0. The van der Waals surface area contributed by atoms with Crippen molar-refractivity contribution in [2.45, 2.75) is 44.2 Å². The third-order valence-corrected chi connectivity index (χ3v) is 7.09. The molecule has 19 heavy (non-hydrogen) atoms. The van der Waals surface area contributed by atoms with Gasteiger partial charge in [-0.1, -0.05) is 28.1 Å². The summed E-state index contributed by atoms with van der Waals surface area (Å²) >= 11 is 3.71. The van der Waals surface area contributed by atoms with Gasteiger partial charge in [0, 0.05) is 16.6 Å². The van der Waals surface area contributed by atoms with Gasteiger partial charge >= 0.3 is 0 Å². The van der Waals surface area contributed by atoms with E-state index in [1.807, 2.05) is 0 Å². The summed E-state index contributed by atoms with van der Waals surface area (Å²) in [6, 6.07) is 8.20. The van der Waals surface area contributed by atoms with Crippen molar-refractivity contribution in [2.75, 3.05) is 0 Å². The molecule has 1 N–H and O–H groups in total. The Kier molecular flexibility index (Phi) is 2.30. The first-order valence-corrected chi connectivity index (χ1v) is 8.65. The number of rotatable bonds is 2. The molecule has 3 fully saturated rings. The molecule has 4 aliphatic rings. The highest BCUT2D eigenvalue weighted by atomic mass is 79.9. The second-order valence-corrected chi connectivity index (χ2v) is 7.93. The van der Waals surface area contributed by atoms with Crippen molar-refractivity contribution in [3.05, 3.63) is 33.8 Å². The van der Waals surface area contributed by atoms with Crippen molar-refractivity contribution in [1.82, 2.24) is 5.32 Å². The second kappa shape index (κ2) is 3.85. The molecule has 5 atom stereocenters. The van der Waals surface area contributed by atoms with Crippen LogP contribution in [0.25, 0.3) is 0 Å². The van der Waals surface area contributed by atoms with E-state index in [9.17, 15) is 0 Å². The highest BCUT2D eigenvalue weighted by Gasteiger charge is 2.65. The van der Waals surface area contributed by atoms with Crippen LogP contribution in [-0.4, -0.2) is 6.04 Å². The number of fused-ring (bicyclic) bond motifs is 6. The van der Waals surface area contributed by atoms with Gasteiger partial charge in [-0.2, -0.15) is 0 Å². The van der Waals surface area contributed by atoms with E-state index < -0.39 is 0 Å². The van der Waals surface area contributed by atoms with E-state index in [-0.39, 0.29) is 0 Å². The fraction of sp³-hybridized carbons (Fsp3) is 0.647. The summed E-state index contributed by atoms with van der Waals surface area (Å²) in [4.78, 5) is 0. The van der Waals surface area contributed by atoms with Gasteiger partial charge < -0.3 is 5.32 Å². The van der Waals surface area contributed by atoms with Gasteiger partial charge in [-0.05, 0) is 73.0 Å². The number of nitrogens with one attached hydrogen (secondary N) is 1. The molecular weight excluding hydrogens is 298 g/mol. The normalized spacial score (nSPS) is 45.3. The van der Waals surface area contributed by atoms with E-state index in [1.54, 1.807) is 17.5 Å². The Labute approximate surface area is 123 Å². The van der Waals surface area contributed by atoms with Crippen LogP contribution in [0.4, 0.5) is 0 Å². The quantitative estimate of drug-likeness (QED) is 0.867. The van der Waals surface area contributed by atoms with Crippen molar-refractivity contribution in [3.8, 4) is 0 Å². The molecule has 1 aromatic carbocycles. The minimum atomic E-state index is 0.627. The van der Waals surface area contributed by atoms with Crippen molar-refractivity contribution >= 4 is 15.9 Å². The van der Waals surface area contributed by atoms with Crippen LogP contribution in [0.5, 0.6) is 0 Å². The standard InChI is InChI=1S/C17H20BrN/c18-13-3-1-2-12-11(13)6-7-14(12)19-17-15-9-4-5-10(8-9)16(15)17/h1-3,9-10,14-17,19H,4-8H2. The van der Waals surface area contributed by atoms with Crippen molar-refractivity contribution in [2.24, 2.45) is 23.7 Å². The molecule has 3 saturated carbocycles. The molecule has 100 valence electrons. The predicted molar refractivity (Wildman–Crippen MR) is 79.9 cm³/mol. The maximum atomic E-state index is 4.02. The SMILES string of the molecule is Brc1cccc2c1CCC2NC1C2C3CCC(C3)C12. The van der Waals surface area contributed by atoms with Crippen LogP contribution in [0, 0.1) is 23.7 Å². The zero-order valence-corrected chi connectivity index (χ0v) is 12.7. The van der Waals surface area contributed by atoms with Gasteiger partial charge in [0.25, 0.3) is 0 Å². The molecule has 0 radical (unpaired) electrons. The topological polar surface area (TPSA) is 12.0 Å². The Morgan fingerprint density at radius 3 is 2.63 bits per heavy atom. The molecule has 0 saturated heterocycles. The molecule has 1 nitrogen and oxygen atoms in total. The third-order valence-electron chi connectivity index (χ3n) is 6.34. The van der Waals surface area contributed by atoms with Crippen LogP contribution in [0.1, 0.15) is 42.9 Å². The van der Waals surface area contributed by atoms with Crippen molar-refractivity contribution in [1.29, 1.82) is 0 Å². The van der Waals surface area contributed by atoms with E-state index in [1.165, 1.54) is 30.2 Å². The maximum Gasteiger partial charge on any atom is 0.0329 e. The van der Waals surface area contributed by atoms with Gasteiger partial charge in [0.15, 0.2) is 0 Å². The zero-order chi connectivity index (χ0) is 12.6. The van der Waals surface area contributed by atoms with Crippen LogP contribution in [0.3, 0.4) is 0 Å². The van der Waals surface area contributed by atoms with Gasteiger partial charge in [-0.25, -0.2) is 0 Å². The lowest BCUT2D eigenvalue weighted by molar-refractivity contribution is 0.420. The average molecular weight is 318 g/mol. The van der Waals surface area contributed by atoms with Gasteiger partial charge in [0.05, 0.1) is 0 Å². The van der Waals surface area contributed by atoms with Gasteiger partial charge in [-0.3, -0.25) is 0 Å². The van der Waals surface area contributed by atoms with Crippen LogP contribution >= 0.6 is 15.9 Å². The summed E-state index contributed by atoms with van der Waals surface area (Å²) < 4.78 is 1.31. The summed E-state index contributed by atoms with van der Waals surface area (Å²) in [6.07, 6.45) is 7.14. The Morgan fingerprint density at radius 1 is 1.05 bits per heavy atom.